The van der Waals surface area contributed by atoms with Crippen LogP contribution in [0.25, 0.3) is 83.6 Å². The molecule has 3 aromatic heterocycles. The molecule has 3 nitrogen and oxygen atoms in total. The Balaban J connectivity index is 1.36. The average molecular weight is 626 g/mol. The van der Waals surface area contributed by atoms with Crippen molar-refractivity contribution in [1.29, 1.82) is 0 Å². The smallest absolute Gasteiger partial charge is 0.101 e. The summed E-state index contributed by atoms with van der Waals surface area (Å²) in [5, 5.41) is 7.71. The Bertz CT molecular complexity index is 2500. The summed E-state index contributed by atoms with van der Waals surface area (Å²) in [4.78, 5) is 5.13. The van der Waals surface area contributed by atoms with Crippen LogP contribution in [0.4, 0.5) is 0 Å². The van der Waals surface area contributed by atoms with Gasteiger partial charge >= 0.3 is 0 Å². The second-order valence-electron chi connectivity index (χ2n) is 12.3. The van der Waals surface area contributed by atoms with Crippen molar-refractivity contribution in [3.8, 4) is 67.3 Å². The summed E-state index contributed by atoms with van der Waals surface area (Å²) in [6, 6.07) is 66.1. The van der Waals surface area contributed by atoms with E-state index in [0.717, 1.165) is 83.6 Å². The number of hydrogen-bond acceptors (Lipinski definition) is 2. The Labute approximate surface area is 285 Å². The van der Waals surface area contributed by atoms with Crippen LogP contribution in [0.5, 0.6) is 0 Å². The highest BCUT2D eigenvalue weighted by Gasteiger charge is 2.22. The first-order valence-corrected chi connectivity index (χ1v) is 16.6. The minimum absolute atomic E-state index is 0.947. The molecule has 6 aromatic carbocycles. The third-order valence-electron chi connectivity index (χ3n) is 9.19. The van der Waals surface area contributed by atoms with Crippen molar-refractivity contribution in [1.82, 2.24) is 14.6 Å². The van der Waals surface area contributed by atoms with E-state index < -0.39 is 0 Å². The Kier molecular flexibility index (Phi) is 7.14. The van der Waals surface area contributed by atoms with Gasteiger partial charge in [-0.1, -0.05) is 164 Å². The Morgan fingerprint density at radius 3 is 1.41 bits per heavy atom. The van der Waals surface area contributed by atoms with Crippen molar-refractivity contribution < 1.29 is 0 Å². The summed E-state index contributed by atoms with van der Waals surface area (Å²) in [6.45, 7) is 0. The summed E-state index contributed by atoms with van der Waals surface area (Å²) in [5.74, 6) is 0. The van der Waals surface area contributed by atoms with E-state index in [0.29, 0.717) is 0 Å². The molecule has 0 saturated heterocycles. The largest absolute Gasteiger partial charge is 0.248 e. The third kappa shape index (κ3) is 5.28. The summed E-state index contributed by atoms with van der Waals surface area (Å²) in [6.07, 6.45) is 0. The molecule has 0 radical (unpaired) electrons. The average Bonchev–Trinajstić information content (AvgIpc) is 3.60. The number of rotatable bonds is 6. The van der Waals surface area contributed by atoms with Crippen LogP contribution in [-0.4, -0.2) is 14.6 Å². The van der Waals surface area contributed by atoms with Crippen LogP contribution in [0, 0.1) is 0 Å². The second-order valence-corrected chi connectivity index (χ2v) is 12.3. The normalized spacial score (nSPS) is 11.3. The maximum Gasteiger partial charge on any atom is 0.101 e. The fraction of sp³-hybridized carbons (Fsp3) is 0. The number of benzene rings is 6. The molecule has 0 aliphatic rings. The summed E-state index contributed by atoms with van der Waals surface area (Å²) in [7, 11) is 0. The molecule has 230 valence electrons. The van der Waals surface area contributed by atoms with Gasteiger partial charge in [-0.3, -0.25) is 0 Å². The van der Waals surface area contributed by atoms with Crippen LogP contribution in [0.3, 0.4) is 0 Å². The van der Waals surface area contributed by atoms with E-state index in [2.05, 4.69) is 180 Å². The minimum Gasteiger partial charge on any atom is -0.248 e. The van der Waals surface area contributed by atoms with Crippen LogP contribution in [0.2, 0.25) is 0 Å². The number of hydrogen-bond donors (Lipinski definition) is 0. The SMILES string of the molecule is c1ccc(-c2cc(-c3ccc4cc(-c5ccccc5)n5nc(-c6ccccc6)c(-c6ccccc6)c5c4c3)cc(-c3ccccc3)n2)cc1. The number of aromatic nitrogens is 3. The molecule has 0 atom stereocenters. The topological polar surface area (TPSA) is 30.2 Å². The van der Waals surface area contributed by atoms with Crippen molar-refractivity contribution in [2.24, 2.45) is 0 Å². The fourth-order valence-electron chi connectivity index (χ4n) is 6.82. The van der Waals surface area contributed by atoms with Crippen molar-refractivity contribution in [3.63, 3.8) is 0 Å². The van der Waals surface area contributed by atoms with Crippen LogP contribution >= 0.6 is 0 Å². The quantitative estimate of drug-likeness (QED) is 0.184. The highest BCUT2D eigenvalue weighted by molar-refractivity contribution is 6.09. The minimum atomic E-state index is 0.947. The van der Waals surface area contributed by atoms with Crippen LogP contribution < -0.4 is 0 Å². The zero-order valence-corrected chi connectivity index (χ0v) is 26.7. The molecular weight excluding hydrogens is 595 g/mol. The molecule has 0 amide bonds. The van der Waals surface area contributed by atoms with Gasteiger partial charge in [0.05, 0.1) is 22.6 Å². The summed E-state index contributed by atoms with van der Waals surface area (Å²) in [5.41, 5.74) is 13.9. The van der Waals surface area contributed by atoms with Gasteiger partial charge < -0.3 is 0 Å². The van der Waals surface area contributed by atoms with E-state index in [1.54, 1.807) is 0 Å². The van der Waals surface area contributed by atoms with Crippen molar-refractivity contribution >= 4 is 16.3 Å². The first-order valence-electron chi connectivity index (χ1n) is 16.6. The van der Waals surface area contributed by atoms with E-state index in [4.69, 9.17) is 10.1 Å². The van der Waals surface area contributed by atoms with E-state index in [-0.39, 0.29) is 0 Å². The second kappa shape index (κ2) is 12.2. The standard InChI is InChI=1S/C46H31N3/c1-6-16-32(17-7-1)41-29-39(30-42(47-41)33-18-8-2-9-19-33)37-26-27-38-31-43(34-20-10-3-11-21-34)49-46(40(38)28-37)44(35-22-12-4-13-23-35)45(48-49)36-24-14-5-15-25-36/h1-31H. The van der Waals surface area contributed by atoms with Crippen molar-refractivity contribution in [2.75, 3.05) is 0 Å². The lowest BCUT2D eigenvalue weighted by molar-refractivity contribution is 0.979. The molecule has 0 aliphatic carbocycles. The van der Waals surface area contributed by atoms with Crippen molar-refractivity contribution in [3.05, 3.63) is 188 Å². The van der Waals surface area contributed by atoms with E-state index in [1.165, 1.54) is 0 Å². The fourth-order valence-corrected chi connectivity index (χ4v) is 6.82. The molecular formula is C46H31N3. The van der Waals surface area contributed by atoms with Gasteiger partial charge in [-0.2, -0.15) is 5.10 Å². The number of nitrogens with zero attached hydrogens (tertiary/aromatic N) is 3. The van der Waals surface area contributed by atoms with E-state index in [9.17, 15) is 0 Å². The molecule has 9 rings (SSSR count). The van der Waals surface area contributed by atoms with Gasteiger partial charge in [0, 0.05) is 33.2 Å². The van der Waals surface area contributed by atoms with Gasteiger partial charge in [-0.25, -0.2) is 9.50 Å². The monoisotopic (exact) mass is 625 g/mol. The molecule has 3 heteroatoms. The van der Waals surface area contributed by atoms with E-state index in [1.807, 2.05) is 12.1 Å². The van der Waals surface area contributed by atoms with Crippen LogP contribution in [-0.2, 0) is 0 Å². The summed E-state index contributed by atoms with van der Waals surface area (Å²) < 4.78 is 2.16. The van der Waals surface area contributed by atoms with Gasteiger partial charge in [-0.15, -0.1) is 0 Å². The maximum absolute atomic E-state index is 5.40. The van der Waals surface area contributed by atoms with Gasteiger partial charge in [0.25, 0.3) is 0 Å². The van der Waals surface area contributed by atoms with Crippen LogP contribution in [0.15, 0.2) is 188 Å². The number of fused-ring (bicyclic) bond motifs is 3. The molecule has 49 heavy (non-hydrogen) atoms. The zero-order valence-electron chi connectivity index (χ0n) is 26.7. The molecule has 0 fully saturated rings. The van der Waals surface area contributed by atoms with Gasteiger partial charge in [0.1, 0.15) is 5.69 Å². The molecule has 0 aliphatic heterocycles. The predicted octanol–water partition coefficient (Wildman–Crippen LogP) is 11.9. The molecule has 0 saturated carbocycles. The third-order valence-corrected chi connectivity index (χ3v) is 9.19. The first-order chi connectivity index (χ1) is 24.3. The Morgan fingerprint density at radius 2 is 0.857 bits per heavy atom. The Morgan fingerprint density at radius 1 is 0.367 bits per heavy atom. The molecule has 3 heterocycles. The van der Waals surface area contributed by atoms with Gasteiger partial charge in [0.2, 0.25) is 0 Å². The van der Waals surface area contributed by atoms with Gasteiger partial charge in [-0.05, 0) is 46.3 Å². The predicted molar refractivity (Wildman–Crippen MR) is 203 cm³/mol. The Hall–Kier alpha value is -6.58. The maximum atomic E-state index is 5.40. The molecule has 0 unspecified atom stereocenters. The molecule has 0 spiro atoms. The lowest BCUT2D eigenvalue weighted by Crippen LogP contribution is -1.96. The highest BCUT2D eigenvalue weighted by atomic mass is 15.2. The first kappa shape index (κ1) is 28.6. The number of pyridine rings is 2. The highest BCUT2D eigenvalue weighted by Crippen LogP contribution is 2.42. The van der Waals surface area contributed by atoms with Crippen molar-refractivity contribution in [2.45, 2.75) is 0 Å². The lowest BCUT2D eigenvalue weighted by atomic mass is 9.94. The molecule has 0 N–H and O–H groups in total. The molecule has 9 aromatic rings. The summed E-state index contributed by atoms with van der Waals surface area (Å²) >= 11 is 0. The van der Waals surface area contributed by atoms with E-state index >= 15 is 0 Å². The van der Waals surface area contributed by atoms with Gasteiger partial charge in [0.15, 0.2) is 0 Å². The zero-order chi connectivity index (χ0) is 32.6. The van der Waals surface area contributed by atoms with Crippen LogP contribution in [0.1, 0.15) is 0 Å². The lowest BCUT2D eigenvalue weighted by Gasteiger charge is -2.14. The molecule has 0 bridgehead atoms.